The van der Waals surface area contributed by atoms with Crippen LogP contribution in [0.4, 0.5) is 0 Å². The fourth-order valence-corrected chi connectivity index (χ4v) is 4.67. The third-order valence-electron chi connectivity index (χ3n) is 5.41. The van der Waals surface area contributed by atoms with Gasteiger partial charge in [0.15, 0.2) is 0 Å². The lowest BCUT2D eigenvalue weighted by Crippen LogP contribution is -2.44. The largest absolute Gasteiger partial charge is 0.377 e. The minimum absolute atomic E-state index is 0.241. The van der Waals surface area contributed by atoms with E-state index in [2.05, 4.69) is 20.1 Å². The summed E-state index contributed by atoms with van der Waals surface area (Å²) in [6.45, 7) is 12.8. The summed E-state index contributed by atoms with van der Waals surface area (Å²) in [5.74, 6) is 2.47. The van der Waals surface area contributed by atoms with Crippen LogP contribution in [0, 0.1) is 23.2 Å². The van der Waals surface area contributed by atoms with Crippen LogP contribution in [0.15, 0.2) is 25.3 Å². The average molecular weight is 278 g/mol. The Morgan fingerprint density at radius 1 is 1.10 bits per heavy atom. The quantitative estimate of drug-likeness (QED) is 0.440. The summed E-state index contributed by atoms with van der Waals surface area (Å²) in [5.41, 5.74) is 0.241. The molecule has 0 aromatic heterocycles. The maximum absolute atomic E-state index is 5.91. The van der Waals surface area contributed by atoms with Gasteiger partial charge < -0.3 is 9.47 Å². The van der Waals surface area contributed by atoms with Gasteiger partial charge >= 0.3 is 0 Å². The highest BCUT2D eigenvalue weighted by Gasteiger charge is 2.57. The first-order valence-corrected chi connectivity index (χ1v) is 8.15. The van der Waals surface area contributed by atoms with E-state index in [9.17, 15) is 0 Å². The standard InChI is InChI=1S/C18H30O2/c1-4-7-17-15-8-9-16(12-15)18(17,13-19-10-5-2)14-20-11-6-3/h5-6,15-17H,2-4,7-14H2,1H3. The van der Waals surface area contributed by atoms with Crippen molar-refractivity contribution in [3.8, 4) is 0 Å². The number of hydrogen-bond acceptors (Lipinski definition) is 2. The Morgan fingerprint density at radius 2 is 1.75 bits per heavy atom. The summed E-state index contributed by atoms with van der Waals surface area (Å²) in [7, 11) is 0. The van der Waals surface area contributed by atoms with E-state index in [-0.39, 0.29) is 5.41 Å². The minimum Gasteiger partial charge on any atom is -0.377 e. The Labute approximate surface area is 124 Å². The van der Waals surface area contributed by atoms with Crippen molar-refractivity contribution in [3.05, 3.63) is 25.3 Å². The SMILES string of the molecule is C=CCOCC1(COCC=C)C2CCC(C2)C1CCC. The van der Waals surface area contributed by atoms with Crippen LogP contribution in [0.2, 0.25) is 0 Å². The molecule has 114 valence electrons. The van der Waals surface area contributed by atoms with Gasteiger partial charge in [-0.3, -0.25) is 0 Å². The second-order valence-electron chi connectivity index (χ2n) is 6.51. The first-order chi connectivity index (χ1) is 9.78. The number of rotatable bonds is 10. The van der Waals surface area contributed by atoms with Crippen molar-refractivity contribution in [1.82, 2.24) is 0 Å². The van der Waals surface area contributed by atoms with Crippen LogP contribution in [-0.4, -0.2) is 26.4 Å². The monoisotopic (exact) mass is 278 g/mol. The highest BCUT2D eigenvalue weighted by molar-refractivity contribution is 5.06. The summed E-state index contributed by atoms with van der Waals surface area (Å²) in [4.78, 5) is 0. The number of fused-ring (bicyclic) bond motifs is 2. The molecule has 2 rings (SSSR count). The second kappa shape index (κ2) is 7.42. The van der Waals surface area contributed by atoms with Gasteiger partial charge in [-0.2, -0.15) is 0 Å². The highest BCUT2D eigenvalue weighted by atomic mass is 16.5. The van der Waals surface area contributed by atoms with Crippen LogP contribution in [-0.2, 0) is 9.47 Å². The first-order valence-electron chi connectivity index (χ1n) is 8.15. The molecule has 2 fully saturated rings. The third kappa shape index (κ3) is 3.01. The average Bonchev–Trinajstić information content (AvgIpc) is 3.02. The number of ether oxygens (including phenoxy) is 2. The van der Waals surface area contributed by atoms with Crippen molar-refractivity contribution in [2.45, 2.75) is 39.0 Å². The van der Waals surface area contributed by atoms with E-state index in [1.165, 1.54) is 32.1 Å². The fraction of sp³-hybridized carbons (Fsp3) is 0.778. The van der Waals surface area contributed by atoms with Crippen molar-refractivity contribution in [2.75, 3.05) is 26.4 Å². The van der Waals surface area contributed by atoms with Crippen molar-refractivity contribution in [3.63, 3.8) is 0 Å². The maximum atomic E-state index is 5.91. The van der Waals surface area contributed by atoms with Gasteiger partial charge in [0.05, 0.1) is 26.4 Å². The zero-order chi connectivity index (χ0) is 14.4. The molecule has 3 unspecified atom stereocenters. The Hall–Kier alpha value is -0.600. The van der Waals surface area contributed by atoms with E-state index < -0.39 is 0 Å². The van der Waals surface area contributed by atoms with Gasteiger partial charge in [0.2, 0.25) is 0 Å². The van der Waals surface area contributed by atoms with Crippen LogP contribution in [0.3, 0.4) is 0 Å². The van der Waals surface area contributed by atoms with E-state index in [1.54, 1.807) is 0 Å². The van der Waals surface area contributed by atoms with Gasteiger partial charge in [0, 0.05) is 5.41 Å². The number of hydrogen-bond donors (Lipinski definition) is 0. The molecule has 0 saturated heterocycles. The van der Waals surface area contributed by atoms with E-state index in [4.69, 9.17) is 9.47 Å². The molecule has 2 nitrogen and oxygen atoms in total. The lowest BCUT2D eigenvalue weighted by molar-refractivity contribution is -0.0767. The van der Waals surface area contributed by atoms with Gasteiger partial charge in [0.25, 0.3) is 0 Å². The molecule has 0 radical (unpaired) electrons. The van der Waals surface area contributed by atoms with Crippen LogP contribution in [0.1, 0.15) is 39.0 Å². The van der Waals surface area contributed by atoms with E-state index in [0.717, 1.165) is 31.0 Å². The van der Waals surface area contributed by atoms with Gasteiger partial charge in [-0.1, -0.05) is 25.5 Å². The zero-order valence-corrected chi connectivity index (χ0v) is 13.0. The minimum atomic E-state index is 0.241. The Morgan fingerprint density at radius 3 is 2.30 bits per heavy atom. The van der Waals surface area contributed by atoms with Crippen LogP contribution >= 0.6 is 0 Å². The summed E-state index contributed by atoms with van der Waals surface area (Å²) in [5, 5.41) is 0. The van der Waals surface area contributed by atoms with Gasteiger partial charge in [-0.05, 0) is 43.4 Å². The van der Waals surface area contributed by atoms with Crippen molar-refractivity contribution in [1.29, 1.82) is 0 Å². The predicted octanol–water partition coefficient (Wildman–Crippen LogP) is 4.22. The molecule has 3 atom stereocenters. The van der Waals surface area contributed by atoms with Gasteiger partial charge in [-0.25, -0.2) is 0 Å². The Balaban J connectivity index is 2.09. The van der Waals surface area contributed by atoms with Gasteiger partial charge in [0.1, 0.15) is 0 Å². The molecule has 0 amide bonds. The van der Waals surface area contributed by atoms with Gasteiger partial charge in [-0.15, -0.1) is 13.2 Å². The van der Waals surface area contributed by atoms with Crippen molar-refractivity contribution in [2.24, 2.45) is 23.2 Å². The molecule has 0 heterocycles. The van der Waals surface area contributed by atoms with Crippen LogP contribution in [0.25, 0.3) is 0 Å². The summed E-state index contributed by atoms with van der Waals surface area (Å²) in [6, 6.07) is 0. The van der Waals surface area contributed by atoms with E-state index in [0.29, 0.717) is 13.2 Å². The maximum Gasteiger partial charge on any atom is 0.0645 e. The molecule has 2 bridgehead atoms. The second-order valence-corrected chi connectivity index (χ2v) is 6.51. The molecular weight excluding hydrogens is 248 g/mol. The summed E-state index contributed by atoms with van der Waals surface area (Å²) in [6.07, 6.45) is 10.4. The normalized spacial score (nSPS) is 30.6. The highest BCUT2D eigenvalue weighted by Crippen LogP contribution is 2.61. The molecule has 0 aromatic rings. The van der Waals surface area contributed by atoms with Crippen LogP contribution < -0.4 is 0 Å². The molecular formula is C18H30O2. The molecule has 2 heteroatoms. The lowest BCUT2D eigenvalue weighted by atomic mass is 9.65. The molecule has 0 aliphatic heterocycles. The molecule has 0 aromatic carbocycles. The zero-order valence-electron chi connectivity index (χ0n) is 13.0. The third-order valence-corrected chi connectivity index (χ3v) is 5.41. The topological polar surface area (TPSA) is 18.5 Å². The summed E-state index contributed by atoms with van der Waals surface area (Å²) >= 11 is 0. The Bertz CT molecular complexity index is 309. The molecule has 2 saturated carbocycles. The van der Waals surface area contributed by atoms with E-state index in [1.807, 2.05) is 12.2 Å². The smallest absolute Gasteiger partial charge is 0.0645 e. The summed E-state index contributed by atoms with van der Waals surface area (Å²) < 4.78 is 11.8. The predicted molar refractivity (Wildman–Crippen MR) is 83.7 cm³/mol. The molecule has 0 spiro atoms. The van der Waals surface area contributed by atoms with Crippen molar-refractivity contribution >= 4 is 0 Å². The first kappa shape index (κ1) is 15.8. The van der Waals surface area contributed by atoms with E-state index >= 15 is 0 Å². The van der Waals surface area contributed by atoms with Crippen LogP contribution in [0.5, 0.6) is 0 Å². The Kier molecular flexibility index (Phi) is 5.86. The molecule has 0 N–H and O–H groups in total. The lowest BCUT2D eigenvalue weighted by Gasteiger charge is -2.43. The fourth-order valence-electron chi connectivity index (χ4n) is 4.67. The molecule has 20 heavy (non-hydrogen) atoms. The van der Waals surface area contributed by atoms with Crippen molar-refractivity contribution < 1.29 is 9.47 Å². The molecule has 2 aliphatic carbocycles. The molecule has 2 aliphatic rings.